The molecule has 3 rings (SSSR count). The van der Waals surface area contributed by atoms with Gasteiger partial charge < -0.3 is 9.84 Å². The van der Waals surface area contributed by atoms with Crippen LogP contribution in [0.25, 0.3) is 11.6 Å². The molecule has 1 saturated heterocycles. The molecule has 1 unspecified atom stereocenters. The third kappa shape index (κ3) is 4.85. The zero-order chi connectivity index (χ0) is 17.5. The summed E-state index contributed by atoms with van der Waals surface area (Å²) in [5, 5.41) is 6.93. The Labute approximate surface area is 147 Å². The first-order valence-electron chi connectivity index (χ1n) is 9.00. The molecule has 0 radical (unpaired) electrons. The van der Waals surface area contributed by atoms with E-state index < -0.39 is 0 Å². The fourth-order valence-corrected chi connectivity index (χ4v) is 3.04. The van der Waals surface area contributed by atoms with Gasteiger partial charge in [0.2, 0.25) is 5.91 Å². The largest absolute Gasteiger partial charge is 0.354 e. The second-order valence-corrected chi connectivity index (χ2v) is 6.40. The van der Waals surface area contributed by atoms with Crippen LogP contribution in [-0.2, 0) is 11.2 Å². The highest BCUT2D eigenvalue weighted by molar-refractivity contribution is 5.81. The Bertz CT molecular complexity index is 665. The van der Waals surface area contributed by atoms with Crippen LogP contribution >= 0.6 is 0 Å². The lowest BCUT2D eigenvalue weighted by Gasteiger charge is -2.26. The summed E-state index contributed by atoms with van der Waals surface area (Å²) in [6, 6.07) is 5.44. The Balaban J connectivity index is 1.46. The lowest BCUT2D eigenvalue weighted by molar-refractivity contribution is -0.125. The molecule has 134 valence electrons. The minimum atomic E-state index is -0.0903. The van der Waals surface area contributed by atoms with Gasteiger partial charge in [0.1, 0.15) is 5.69 Å². The molecule has 2 aromatic rings. The summed E-state index contributed by atoms with van der Waals surface area (Å²) in [5.74, 6) is 1.04. The Morgan fingerprint density at radius 2 is 2.08 bits per heavy atom. The van der Waals surface area contributed by atoms with Crippen molar-refractivity contribution in [1.29, 1.82) is 0 Å². The van der Waals surface area contributed by atoms with Gasteiger partial charge in [-0.2, -0.15) is 4.98 Å². The van der Waals surface area contributed by atoms with Crippen molar-refractivity contribution >= 4 is 5.91 Å². The molecule has 1 aliphatic rings. The first-order valence-corrected chi connectivity index (χ1v) is 9.00. The number of carbonyl (C=O) groups excluding carboxylic acids is 1. The van der Waals surface area contributed by atoms with Crippen LogP contribution in [-0.4, -0.2) is 51.6 Å². The summed E-state index contributed by atoms with van der Waals surface area (Å²) >= 11 is 0. The van der Waals surface area contributed by atoms with Crippen molar-refractivity contribution in [3.05, 3.63) is 30.2 Å². The van der Waals surface area contributed by atoms with Gasteiger partial charge in [-0.05, 0) is 45.0 Å². The van der Waals surface area contributed by atoms with E-state index in [1.807, 2.05) is 25.1 Å². The maximum atomic E-state index is 12.3. The number of hydrogen-bond donors (Lipinski definition) is 1. The summed E-state index contributed by atoms with van der Waals surface area (Å²) in [7, 11) is 0. The van der Waals surface area contributed by atoms with Gasteiger partial charge in [-0.25, -0.2) is 0 Å². The van der Waals surface area contributed by atoms with Crippen LogP contribution in [0.1, 0.15) is 38.4 Å². The van der Waals surface area contributed by atoms with Crippen molar-refractivity contribution in [3.63, 3.8) is 0 Å². The molecule has 1 amide bonds. The van der Waals surface area contributed by atoms with Gasteiger partial charge in [0.05, 0.1) is 6.04 Å². The summed E-state index contributed by atoms with van der Waals surface area (Å²) in [6.07, 6.45) is 7.11. The van der Waals surface area contributed by atoms with E-state index in [2.05, 4.69) is 25.3 Å². The van der Waals surface area contributed by atoms with Gasteiger partial charge in [0.15, 0.2) is 5.82 Å². The highest BCUT2D eigenvalue weighted by Crippen LogP contribution is 2.14. The molecule has 0 bridgehead atoms. The number of hydrogen-bond acceptors (Lipinski definition) is 6. The number of carbonyl (C=O) groups is 1. The molecule has 0 spiro atoms. The molecule has 0 aliphatic carbocycles. The maximum absolute atomic E-state index is 12.3. The monoisotopic (exact) mass is 343 g/mol. The lowest BCUT2D eigenvalue weighted by atomic mass is 10.2. The van der Waals surface area contributed by atoms with Gasteiger partial charge in [-0.3, -0.25) is 14.7 Å². The zero-order valence-corrected chi connectivity index (χ0v) is 14.6. The van der Waals surface area contributed by atoms with Crippen molar-refractivity contribution in [3.8, 4) is 11.6 Å². The third-order valence-electron chi connectivity index (χ3n) is 4.57. The molecule has 25 heavy (non-hydrogen) atoms. The molecule has 1 aliphatic heterocycles. The highest BCUT2D eigenvalue weighted by Gasteiger charge is 2.21. The van der Waals surface area contributed by atoms with E-state index in [-0.39, 0.29) is 11.9 Å². The van der Waals surface area contributed by atoms with Crippen molar-refractivity contribution < 1.29 is 9.32 Å². The minimum absolute atomic E-state index is 0.0651. The van der Waals surface area contributed by atoms with E-state index in [0.717, 1.165) is 13.1 Å². The Morgan fingerprint density at radius 1 is 1.28 bits per heavy atom. The normalized spacial score (nSPS) is 17.0. The Hall–Kier alpha value is -2.28. The van der Waals surface area contributed by atoms with Crippen LogP contribution in [0.3, 0.4) is 0 Å². The van der Waals surface area contributed by atoms with E-state index >= 15 is 0 Å². The molecule has 2 aromatic heterocycles. The number of rotatable bonds is 6. The molecule has 1 fully saturated rings. The van der Waals surface area contributed by atoms with Crippen molar-refractivity contribution in [2.45, 2.75) is 45.1 Å². The van der Waals surface area contributed by atoms with Crippen molar-refractivity contribution in [2.24, 2.45) is 0 Å². The Morgan fingerprint density at radius 3 is 2.80 bits per heavy atom. The Kier molecular flexibility index (Phi) is 6.11. The molecule has 7 nitrogen and oxygen atoms in total. The summed E-state index contributed by atoms with van der Waals surface area (Å²) in [4.78, 5) is 23.1. The summed E-state index contributed by atoms with van der Waals surface area (Å²) in [5.41, 5.74) is 0.653. The number of pyridine rings is 1. The fourth-order valence-electron chi connectivity index (χ4n) is 3.04. The third-order valence-corrected chi connectivity index (χ3v) is 4.57. The maximum Gasteiger partial charge on any atom is 0.276 e. The first-order chi connectivity index (χ1) is 12.2. The average Bonchev–Trinajstić information content (AvgIpc) is 2.95. The van der Waals surface area contributed by atoms with E-state index in [4.69, 9.17) is 4.52 Å². The van der Waals surface area contributed by atoms with E-state index in [9.17, 15) is 4.79 Å². The standard InChI is InChI=1S/C18H25N5O2/c1-14(23-12-6-2-3-7-13-23)17(24)20-11-9-16-21-18(25-22-16)15-8-4-5-10-19-15/h4-5,8,10,14H,2-3,6-7,9,11-13H2,1H3,(H,20,24). The van der Waals surface area contributed by atoms with Crippen molar-refractivity contribution in [1.82, 2.24) is 25.3 Å². The smallest absolute Gasteiger partial charge is 0.276 e. The minimum Gasteiger partial charge on any atom is -0.354 e. The highest BCUT2D eigenvalue weighted by atomic mass is 16.5. The van der Waals surface area contributed by atoms with Gasteiger partial charge in [-0.15, -0.1) is 0 Å². The molecule has 0 aromatic carbocycles. The fraction of sp³-hybridized carbons (Fsp3) is 0.556. The van der Waals surface area contributed by atoms with Gasteiger partial charge in [0.25, 0.3) is 5.89 Å². The quantitative estimate of drug-likeness (QED) is 0.864. The SMILES string of the molecule is CC(C(=O)NCCc1noc(-c2ccccn2)n1)N1CCCCCC1. The first kappa shape index (κ1) is 17.5. The van der Waals surface area contributed by atoms with Crippen LogP contribution in [0.15, 0.2) is 28.9 Å². The van der Waals surface area contributed by atoms with Gasteiger partial charge in [0, 0.05) is 19.2 Å². The van der Waals surface area contributed by atoms with Gasteiger partial charge in [-0.1, -0.05) is 24.1 Å². The average molecular weight is 343 g/mol. The number of likely N-dealkylation sites (tertiary alicyclic amines) is 1. The molecule has 1 N–H and O–H groups in total. The number of aromatic nitrogens is 3. The molecular formula is C18H25N5O2. The molecule has 3 heterocycles. The van der Waals surface area contributed by atoms with Crippen LogP contribution < -0.4 is 5.32 Å². The number of nitrogens with one attached hydrogen (secondary N) is 1. The lowest BCUT2D eigenvalue weighted by Crippen LogP contribution is -2.46. The topological polar surface area (TPSA) is 84.2 Å². The van der Waals surface area contributed by atoms with Crippen molar-refractivity contribution in [2.75, 3.05) is 19.6 Å². The second-order valence-electron chi connectivity index (χ2n) is 6.40. The van der Waals surface area contributed by atoms with Crippen LogP contribution in [0, 0.1) is 0 Å². The molecule has 0 saturated carbocycles. The molecule has 7 heteroatoms. The van der Waals surface area contributed by atoms with E-state index in [1.165, 1.54) is 25.7 Å². The van der Waals surface area contributed by atoms with E-state index in [1.54, 1.807) is 6.20 Å². The predicted molar refractivity (Wildman–Crippen MR) is 93.7 cm³/mol. The predicted octanol–water partition coefficient (Wildman–Crippen LogP) is 2.05. The van der Waals surface area contributed by atoms with Crippen LogP contribution in [0.4, 0.5) is 0 Å². The second kappa shape index (κ2) is 8.71. The zero-order valence-electron chi connectivity index (χ0n) is 14.6. The van der Waals surface area contributed by atoms with Crippen LogP contribution in [0.2, 0.25) is 0 Å². The number of nitrogens with zero attached hydrogens (tertiary/aromatic N) is 4. The molecule has 1 atom stereocenters. The number of amides is 1. The summed E-state index contributed by atoms with van der Waals surface area (Å²) < 4.78 is 5.22. The van der Waals surface area contributed by atoms with Crippen LogP contribution in [0.5, 0.6) is 0 Å². The summed E-state index contributed by atoms with van der Waals surface area (Å²) in [6.45, 7) is 4.49. The van der Waals surface area contributed by atoms with Gasteiger partial charge >= 0.3 is 0 Å². The van der Waals surface area contributed by atoms with E-state index in [0.29, 0.717) is 30.4 Å². The molecular weight excluding hydrogens is 318 g/mol.